The predicted molar refractivity (Wildman–Crippen MR) is 105 cm³/mol. The fourth-order valence-corrected chi connectivity index (χ4v) is 3.17. The maximum absolute atomic E-state index is 13.8. The zero-order valence-corrected chi connectivity index (χ0v) is 15.1. The van der Waals surface area contributed by atoms with E-state index in [1.165, 1.54) is 12.1 Å². The summed E-state index contributed by atoms with van der Waals surface area (Å²) < 4.78 is 16.9. The highest BCUT2D eigenvalue weighted by Crippen LogP contribution is 2.13. The van der Waals surface area contributed by atoms with Gasteiger partial charge < -0.3 is 5.32 Å². The first-order valence-corrected chi connectivity index (χ1v) is 8.75. The number of para-hydroxylation sites is 2. The van der Waals surface area contributed by atoms with Crippen LogP contribution in [-0.2, 0) is 20.1 Å². The Balaban J connectivity index is 1.63. The number of aromatic amines is 1. The first-order valence-electron chi connectivity index (χ1n) is 8.75. The number of aryl methyl sites for hydroxylation is 1. The van der Waals surface area contributed by atoms with Crippen molar-refractivity contribution >= 4 is 17.0 Å². The summed E-state index contributed by atoms with van der Waals surface area (Å²) in [6, 6.07) is 15.1. The molecule has 0 aliphatic rings. The quantitative estimate of drug-likeness (QED) is 0.557. The van der Waals surface area contributed by atoms with E-state index in [0.717, 1.165) is 11.0 Å². The third kappa shape index (κ3) is 3.32. The number of benzene rings is 2. The van der Waals surface area contributed by atoms with Crippen LogP contribution in [0, 0.1) is 5.82 Å². The molecule has 0 unspecified atom stereocenters. The number of aromatic nitrogens is 4. The Labute approximate surface area is 159 Å². The van der Waals surface area contributed by atoms with E-state index < -0.39 is 0 Å². The molecule has 0 saturated heterocycles. The van der Waals surface area contributed by atoms with Crippen molar-refractivity contribution in [1.82, 2.24) is 19.1 Å². The Kier molecular flexibility index (Phi) is 4.52. The molecule has 0 aliphatic carbocycles. The second-order valence-corrected chi connectivity index (χ2v) is 6.45. The summed E-state index contributed by atoms with van der Waals surface area (Å²) in [6.45, 7) is 0.325. The van der Waals surface area contributed by atoms with Crippen LogP contribution in [0.2, 0.25) is 0 Å². The summed E-state index contributed by atoms with van der Waals surface area (Å²) in [7, 11) is 1.70. The van der Waals surface area contributed by atoms with E-state index in [1.807, 2.05) is 24.3 Å². The van der Waals surface area contributed by atoms with E-state index in [-0.39, 0.29) is 36.1 Å². The number of nitrogens with zero attached hydrogens (tertiary/aromatic N) is 3. The summed E-state index contributed by atoms with van der Waals surface area (Å²) in [5.41, 5.74) is 1.91. The van der Waals surface area contributed by atoms with E-state index in [2.05, 4.69) is 15.3 Å². The maximum Gasteiger partial charge on any atom is 0.329 e. The van der Waals surface area contributed by atoms with Gasteiger partial charge in [0.15, 0.2) is 0 Å². The minimum atomic E-state index is -0.352. The average Bonchev–Trinajstić information content (AvgIpc) is 2.92. The molecule has 142 valence electrons. The van der Waals surface area contributed by atoms with Crippen molar-refractivity contribution in [2.45, 2.75) is 13.1 Å². The normalized spacial score (nSPS) is 11.1. The zero-order valence-electron chi connectivity index (χ0n) is 15.1. The summed E-state index contributed by atoms with van der Waals surface area (Å²) in [5, 5.41) is 2.93. The van der Waals surface area contributed by atoms with E-state index >= 15 is 0 Å². The van der Waals surface area contributed by atoms with Crippen molar-refractivity contribution in [2.24, 2.45) is 7.05 Å². The summed E-state index contributed by atoms with van der Waals surface area (Å²) in [4.78, 5) is 31.6. The minimum Gasteiger partial charge on any atom is -0.352 e. The SMILES string of the molecule is Cn1c(=O)n(Cc2cc(=O)[nH]c(NCc3ccccc3F)n2)c2ccccc21. The number of nitrogens with one attached hydrogen (secondary N) is 2. The molecule has 4 aromatic rings. The Morgan fingerprint density at radius 3 is 2.57 bits per heavy atom. The number of hydrogen-bond donors (Lipinski definition) is 2. The van der Waals surface area contributed by atoms with Crippen molar-refractivity contribution in [3.8, 4) is 0 Å². The first kappa shape index (κ1) is 17.7. The standard InChI is InChI=1S/C20H18FN5O2/c1-25-16-8-4-5-9-17(16)26(20(25)28)12-14-10-18(27)24-19(23-14)22-11-13-6-2-3-7-15(13)21/h2-10H,11-12H2,1H3,(H2,22,23,24,27). The van der Waals surface area contributed by atoms with Crippen LogP contribution in [0.3, 0.4) is 0 Å². The van der Waals surface area contributed by atoms with Gasteiger partial charge in [-0.05, 0) is 18.2 Å². The number of halogens is 1. The van der Waals surface area contributed by atoms with E-state index in [4.69, 9.17) is 0 Å². The molecule has 0 spiro atoms. The third-order valence-corrected chi connectivity index (χ3v) is 4.57. The first-order chi connectivity index (χ1) is 13.5. The summed E-state index contributed by atoms with van der Waals surface area (Å²) in [5.74, 6) is -0.116. The Morgan fingerprint density at radius 2 is 1.79 bits per heavy atom. The molecule has 0 bridgehead atoms. The lowest BCUT2D eigenvalue weighted by Gasteiger charge is -2.08. The van der Waals surface area contributed by atoms with Gasteiger partial charge in [0, 0.05) is 25.2 Å². The number of hydrogen-bond acceptors (Lipinski definition) is 4. The minimum absolute atomic E-state index is 0.151. The summed E-state index contributed by atoms with van der Waals surface area (Å²) in [6.07, 6.45) is 0. The average molecular weight is 379 g/mol. The van der Waals surface area contributed by atoms with Crippen LogP contribution in [0.15, 0.2) is 64.2 Å². The van der Waals surface area contributed by atoms with Gasteiger partial charge in [0.2, 0.25) is 5.95 Å². The molecule has 28 heavy (non-hydrogen) atoms. The molecule has 2 aromatic carbocycles. The lowest BCUT2D eigenvalue weighted by Crippen LogP contribution is -2.24. The van der Waals surface area contributed by atoms with Gasteiger partial charge in [0.25, 0.3) is 5.56 Å². The highest BCUT2D eigenvalue weighted by Gasteiger charge is 2.12. The molecule has 0 radical (unpaired) electrons. The monoisotopic (exact) mass is 379 g/mol. The van der Waals surface area contributed by atoms with Gasteiger partial charge in [-0.15, -0.1) is 0 Å². The maximum atomic E-state index is 13.8. The highest BCUT2D eigenvalue weighted by molar-refractivity contribution is 5.75. The Bertz CT molecular complexity index is 1270. The number of H-pyrrole nitrogens is 1. The van der Waals surface area contributed by atoms with E-state index in [1.54, 1.807) is 34.4 Å². The lowest BCUT2D eigenvalue weighted by atomic mass is 10.2. The number of anilines is 1. The van der Waals surface area contributed by atoms with Crippen molar-refractivity contribution in [3.63, 3.8) is 0 Å². The molecule has 7 nitrogen and oxygen atoms in total. The second kappa shape index (κ2) is 7.15. The van der Waals surface area contributed by atoms with Crippen molar-refractivity contribution in [1.29, 1.82) is 0 Å². The van der Waals surface area contributed by atoms with Crippen LogP contribution in [0.5, 0.6) is 0 Å². The molecular formula is C20H18FN5O2. The lowest BCUT2D eigenvalue weighted by molar-refractivity contribution is 0.612. The van der Waals surface area contributed by atoms with E-state index in [0.29, 0.717) is 11.3 Å². The fraction of sp³-hybridized carbons (Fsp3) is 0.150. The number of imidazole rings is 1. The molecule has 0 saturated carbocycles. The van der Waals surface area contributed by atoms with Crippen molar-refractivity contribution in [2.75, 3.05) is 5.32 Å². The molecule has 0 amide bonds. The van der Waals surface area contributed by atoms with Crippen molar-refractivity contribution < 1.29 is 4.39 Å². The molecule has 0 aliphatic heterocycles. The van der Waals surface area contributed by atoms with Crippen LogP contribution in [0.1, 0.15) is 11.3 Å². The van der Waals surface area contributed by atoms with Gasteiger partial charge >= 0.3 is 5.69 Å². The van der Waals surface area contributed by atoms with Gasteiger partial charge in [-0.2, -0.15) is 0 Å². The molecule has 0 atom stereocenters. The van der Waals surface area contributed by atoms with Gasteiger partial charge in [-0.3, -0.25) is 18.9 Å². The second-order valence-electron chi connectivity index (χ2n) is 6.45. The van der Waals surface area contributed by atoms with Crippen LogP contribution in [-0.4, -0.2) is 19.1 Å². The molecule has 0 fully saturated rings. The summed E-state index contributed by atoms with van der Waals surface area (Å²) >= 11 is 0. The Morgan fingerprint density at radius 1 is 1.07 bits per heavy atom. The highest BCUT2D eigenvalue weighted by atomic mass is 19.1. The van der Waals surface area contributed by atoms with E-state index in [9.17, 15) is 14.0 Å². The van der Waals surface area contributed by atoms with Gasteiger partial charge in [-0.25, -0.2) is 14.2 Å². The zero-order chi connectivity index (χ0) is 19.7. The topological polar surface area (TPSA) is 84.7 Å². The predicted octanol–water partition coefficient (Wildman–Crippen LogP) is 2.22. The van der Waals surface area contributed by atoms with Crippen LogP contribution in [0.4, 0.5) is 10.3 Å². The molecule has 4 rings (SSSR count). The molecular weight excluding hydrogens is 361 g/mol. The molecule has 8 heteroatoms. The van der Waals surface area contributed by atoms with Crippen LogP contribution < -0.4 is 16.6 Å². The van der Waals surface area contributed by atoms with Gasteiger partial charge in [-0.1, -0.05) is 30.3 Å². The third-order valence-electron chi connectivity index (χ3n) is 4.57. The smallest absolute Gasteiger partial charge is 0.329 e. The molecule has 2 N–H and O–H groups in total. The van der Waals surface area contributed by atoms with Crippen molar-refractivity contribution in [3.05, 3.63) is 92.5 Å². The molecule has 2 heterocycles. The fourth-order valence-electron chi connectivity index (χ4n) is 3.17. The Hall–Kier alpha value is -3.68. The number of rotatable bonds is 5. The number of fused-ring (bicyclic) bond motifs is 1. The van der Waals surface area contributed by atoms with Gasteiger partial charge in [0.05, 0.1) is 23.3 Å². The van der Waals surface area contributed by atoms with Crippen LogP contribution in [0.25, 0.3) is 11.0 Å². The van der Waals surface area contributed by atoms with Gasteiger partial charge in [0.1, 0.15) is 5.82 Å². The largest absolute Gasteiger partial charge is 0.352 e. The molecule has 2 aromatic heterocycles. The van der Waals surface area contributed by atoms with Crippen LogP contribution >= 0.6 is 0 Å².